The lowest BCUT2D eigenvalue weighted by Gasteiger charge is -2.25. The highest BCUT2D eigenvalue weighted by Gasteiger charge is 2.43. The third-order valence-corrected chi connectivity index (χ3v) is 5.87. The number of halogens is 1. The van der Waals surface area contributed by atoms with Gasteiger partial charge in [0.1, 0.15) is 12.0 Å². The zero-order valence-corrected chi connectivity index (χ0v) is 18.3. The maximum atomic E-state index is 13.3. The van der Waals surface area contributed by atoms with Crippen molar-refractivity contribution in [3.63, 3.8) is 0 Å². The molecule has 0 spiro atoms. The third kappa shape index (κ3) is 4.09. The van der Waals surface area contributed by atoms with Gasteiger partial charge in [0, 0.05) is 23.1 Å². The SMILES string of the molecule is COC(=O)N1CC(=O)c2c([nH]c(-c3ccnc(NC(=O)[C@@H]4C[C@@H]4F)c3)c2Nc2ccccc2)C1. The Morgan fingerprint density at radius 1 is 1.21 bits per heavy atom. The number of hydrogen-bond donors (Lipinski definition) is 3. The first-order valence-electron chi connectivity index (χ1n) is 10.8. The number of Topliss-reactive ketones (excluding diaryl/α,β-unsaturated/α-hetero) is 1. The molecule has 2 aromatic heterocycles. The van der Waals surface area contributed by atoms with Crippen LogP contribution in [0.4, 0.5) is 26.4 Å². The van der Waals surface area contributed by atoms with Crippen LogP contribution in [-0.4, -0.2) is 52.5 Å². The van der Waals surface area contributed by atoms with Crippen LogP contribution in [-0.2, 0) is 16.1 Å². The third-order valence-electron chi connectivity index (χ3n) is 5.87. The van der Waals surface area contributed by atoms with Gasteiger partial charge in [0.15, 0.2) is 5.78 Å². The van der Waals surface area contributed by atoms with E-state index in [1.807, 2.05) is 30.3 Å². The number of H-pyrrole nitrogens is 1. The number of ether oxygens (including phenoxy) is 1. The summed E-state index contributed by atoms with van der Waals surface area (Å²) >= 11 is 0. The van der Waals surface area contributed by atoms with E-state index in [1.165, 1.54) is 18.2 Å². The first-order valence-corrected chi connectivity index (χ1v) is 10.8. The van der Waals surface area contributed by atoms with Crippen LogP contribution in [0, 0.1) is 5.92 Å². The molecule has 2 amide bonds. The summed E-state index contributed by atoms with van der Waals surface area (Å²) in [6, 6.07) is 12.8. The number of benzene rings is 1. The van der Waals surface area contributed by atoms with Crippen molar-refractivity contribution in [1.82, 2.24) is 14.9 Å². The van der Waals surface area contributed by atoms with Crippen LogP contribution in [0.5, 0.6) is 0 Å². The van der Waals surface area contributed by atoms with Crippen molar-refractivity contribution in [2.75, 3.05) is 24.3 Å². The number of amides is 2. The second kappa shape index (κ2) is 8.62. The van der Waals surface area contributed by atoms with Crippen molar-refractivity contribution in [3.8, 4) is 11.3 Å². The molecule has 34 heavy (non-hydrogen) atoms. The van der Waals surface area contributed by atoms with Crippen LogP contribution in [0.25, 0.3) is 11.3 Å². The van der Waals surface area contributed by atoms with Crippen molar-refractivity contribution in [2.45, 2.75) is 19.1 Å². The van der Waals surface area contributed by atoms with Crippen molar-refractivity contribution < 1.29 is 23.5 Å². The van der Waals surface area contributed by atoms with E-state index in [4.69, 9.17) is 4.74 Å². The van der Waals surface area contributed by atoms with E-state index in [0.29, 0.717) is 28.2 Å². The summed E-state index contributed by atoms with van der Waals surface area (Å²) in [4.78, 5) is 46.1. The largest absolute Gasteiger partial charge is 0.453 e. The lowest BCUT2D eigenvalue weighted by molar-refractivity contribution is -0.117. The van der Waals surface area contributed by atoms with Gasteiger partial charge >= 0.3 is 6.09 Å². The molecule has 1 aromatic carbocycles. The molecule has 2 aliphatic rings. The molecule has 1 fully saturated rings. The van der Waals surface area contributed by atoms with Gasteiger partial charge in [0.05, 0.1) is 43.1 Å². The summed E-state index contributed by atoms with van der Waals surface area (Å²) in [6.45, 7) is 0.0648. The average molecular weight is 463 g/mol. The predicted molar refractivity (Wildman–Crippen MR) is 123 cm³/mol. The molecule has 3 heterocycles. The van der Waals surface area contributed by atoms with E-state index in [9.17, 15) is 18.8 Å². The Balaban J connectivity index is 1.54. The van der Waals surface area contributed by atoms with Crippen LogP contribution in [0.15, 0.2) is 48.7 Å². The number of nitrogens with zero attached hydrogens (tertiary/aromatic N) is 2. The number of hydrogen-bond acceptors (Lipinski definition) is 6. The van der Waals surface area contributed by atoms with E-state index in [0.717, 1.165) is 5.69 Å². The Hall–Kier alpha value is -4.21. The first kappa shape index (κ1) is 21.6. The van der Waals surface area contributed by atoms with Crippen molar-refractivity contribution in [1.29, 1.82) is 0 Å². The van der Waals surface area contributed by atoms with Crippen molar-refractivity contribution >= 4 is 35.0 Å². The molecule has 174 valence electrons. The molecular weight excluding hydrogens is 441 g/mol. The van der Waals surface area contributed by atoms with Gasteiger partial charge in [0.2, 0.25) is 5.91 Å². The van der Waals surface area contributed by atoms with Crippen LogP contribution < -0.4 is 10.6 Å². The molecule has 0 saturated heterocycles. The molecule has 3 N–H and O–H groups in total. The van der Waals surface area contributed by atoms with Gasteiger partial charge in [0.25, 0.3) is 0 Å². The Morgan fingerprint density at radius 3 is 2.68 bits per heavy atom. The minimum absolute atomic E-state index is 0.107. The van der Waals surface area contributed by atoms with Crippen LogP contribution >= 0.6 is 0 Å². The van der Waals surface area contributed by atoms with E-state index in [-0.39, 0.29) is 31.1 Å². The molecular formula is C24H22FN5O4. The van der Waals surface area contributed by atoms with Crippen molar-refractivity contribution in [3.05, 3.63) is 59.9 Å². The summed E-state index contributed by atoms with van der Waals surface area (Å²) in [6.07, 6.45) is 0.0507. The van der Waals surface area contributed by atoms with Crippen molar-refractivity contribution in [2.24, 2.45) is 5.92 Å². The fourth-order valence-corrected chi connectivity index (χ4v) is 4.05. The van der Waals surface area contributed by atoms with Crippen LogP contribution in [0.3, 0.4) is 0 Å². The highest BCUT2D eigenvalue weighted by molar-refractivity contribution is 6.09. The molecule has 0 radical (unpaired) electrons. The fourth-order valence-electron chi connectivity index (χ4n) is 4.05. The lowest BCUT2D eigenvalue weighted by Crippen LogP contribution is -2.39. The van der Waals surface area contributed by atoms with Gasteiger partial charge in [-0.25, -0.2) is 14.2 Å². The molecule has 5 rings (SSSR count). The van der Waals surface area contributed by atoms with Crippen LogP contribution in [0.1, 0.15) is 22.5 Å². The number of carbonyl (C=O) groups excluding carboxylic acids is 3. The Bertz CT molecular complexity index is 1280. The molecule has 1 aliphatic heterocycles. The number of anilines is 3. The van der Waals surface area contributed by atoms with E-state index in [1.54, 1.807) is 12.1 Å². The van der Waals surface area contributed by atoms with Crippen LogP contribution in [0.2, 0.25) is 0 Å². The monoisotopic (exact) mass is 463 g/mol. The molecule has 9 nitrogen and oxygen atoms in total. The summed E-state index contributed by atoms with van der Waals surface area (Å²) in [5.41, 5.74) is 3.62. The smallest absolute Gasteiger partial charge is 0.410 e. The number of fused-ring (bicyclic) bond motifs is 1. The topological polar surface area (TPSA) is 116 Å². The number of carbonyl (C=O) groups is 3. The maximum absolute atomic E-state index is 13.3. The number of aromatic nitrogens is 2. The van der Waals surface area contributed by atoms with Gasteiger partial charge in [-0.15, -0.1) is 0 Å². The number of methoxy groups -OCH3 is 1. The molecule has 1 aliphatic carbocycles. The quantitative estimate of drug-likeness (QED) is 0.529. The number of rotatable bonds is 5. The normalized spacial score (nSPS) is 18.8. The number of ketones is 1. The zero-order chi connectivity index (χ0) is 23.8. The van der Waals surface area contributed by atoms with E-state index in [2.05, 4.69) is 20.6 Å². The molecule has 3 aromatic rings. The summed E-state index contributed by atoms with van der Waals surface area (Å²) in [7, 11) is 1.27. The number of nitrogens with one attached hydrogen (secondary N) is 3. The number of alkyl halides is 1. The standard InChI is InChI=1S/C24H22FN5O4/c1-34-24(33)30-11-17-20(18(31)12-30)22(27-14-5-3-2-4-6-14)21(28-17)13-7-8-26-19(9-13)29-23(32)15-10-16(15)25/h2-9,15-16,27-28H,10-12H2,1H3,(H,26,29,32)/t15-,16+/m1/s1. The Kier molecular flexibility index (Phi) is 5.48. The highest BCUT2D eigenvalue weighted by Crippen LogP contribution is 2.39. The van der Waals surface area contributed by atoms with Gasteiger partial charge in [-0.1, -0.05) is 18.2 Å². The maximum Gasteiger partial charge on any atom is 0.410 e. The highest BCUT2D eigenvalue weighted by atomic mass is 19.1. The Morgan fingerprint density at radius 2 is 1.97 bits per heavy atom. The minimum Gasteiger partial charge on any atom is -0.453 e. The van der Waals surface area contributed by atoms with E-state index < -0.39 is 24.1 Å². The fraction of sp³-hybridized carbons (Fsp3) is 0.250. The Labute approximate surface area is 194 Å². The molecule has 1 saturated carbocycles. The molecule has 0 unspecified atom stereocenters. The lowest BCUT2D eigenvalue weighted by atomic mass is 10.0. The average Bonchev–Trinajstić information content (AvgIpc) is 3.47. The second-order valence-corrected chi connectivity index (χ2v) is 8.25. The summed E-state index contributed by atoms with van der Waals surface area (Å²) < 4.78 is 18.0. The number of pyridine rings is 1. The molecule has 10 heteroatoms. The van der Waals surface area contributed by atoms with Gasteiger partial charge in [-0.2, -0.15) is 0 Å². The van der Waals surface area contributed by atoms with E-state index >= 15 is 0 Å². The minimum atomic E-state index is -1.11. The summed E-state index contributed by atoms with van der Waals surface area (Å²) in [5, 5.41) is 5.97. The first-order chi connectivity index (χ1) is 16.4. The van der Waals surface area contributed by atoms with Gasteiger partial charge in [-0.05, 0) is 30.7 Å². The summed E-state index contributed by atoms with van der Waals surface area (Å²) in [5.74, 6) is -1.00. The molecule has 2 atom stereocenters. The zero-order valence-electron chi connectivity index (χ0n) is 18.3. The number of aromatic amines is 1. The second-order valence-electron chi connectivity index (χ2n) is 8.25. The van der Waals surface area contributed by atoms with Gasteiger partial charge in [-0.3, -0.25) is 14.5 Å². The predicted octanol–water partition coefficient (Wildman–Crippen LogP) is 3.88. The number of para-hydroxylation sites is 1. The molecule has 0 bridgehead atoms. The van der Waals surface area contributed by atoms with Gasteiger partial charge < -0.3 is 20.4 Å².